The minimum Gasteiger partial charge on any atom is -0.397 e. The molecule has 0 saturated carbocycles. The fourth-order valence-electron chi connectivity index (χ4n) is 3.01. The van der Waals surface area contributed by atoms with E-state index >= 15 is 0 Å². The first kappa shape index (κ1) is 10.1. The van der Waals surface area contributed by atoms with Crippen LogP contribution in [0.1, 0.15) is 5.56 Å². The van der Waals surface area contributed by atoms with Crippen LogP contribution in [-0.4, -0.2) is 20.1 Å². The molecule has 0 bridgehead atoms. The highest BCUT2D eigenvalue weighted by molar-refractivity contribution is 6.49. The van der Waals surface area contributed by atoms with Gasteiger partial charge in [0.25, 0.3) is 0 Å². The molecule has 1 atom stereocenters. The summed E-state index contributed by atoms with van der Waals surface area (Å²) in [4.78, 5) is 4.77. The summed E-state index contributed by atoms with van der Waals surface area (Å²) in [5.74, 6) is 0. The maximum Gasteiger partial charge on any atom is 0.391 e. The molecule has 2 heterocycles. The summed E-state index contributed by atoms with van der Waals surface area (Å²) in [6.45, 7) is 1.08. The maximum absolute atomic E-state index is 2.42. The average Bonchev–Trinajstić information content (AvgIpc) is 2.97. The Hall–Kier alpha value is -1.90. The molecule has 2 aliphatic rings. The van der Waals surface area contributed by atoms with E-state index in [2.05, 4.69) is 71.8 Å². The zero-order valence-corrected chi connectivity index (χ0v) is 10.2. The third-order valence-corrected chi connectivity index (χ3v) is 3.88. The number of rotatable bonds is 1. The topological polar surface area (TPSA) is 6.48 Å². The first-order valence-electron chi connectivity index (χ1n) is 6.45. The van der Waals surface area contributed by atoms with E-state index in [1.54, 1.807) is 0 Å². The molecule has 1 radical (unpaired) electrons. The van der Waals surface area contributed by atoms with Crippen LogP contribution in [0.4, 0.5) is 11.4 Å². The van der Waals surface area contributed by atoms with Gasteiger partial charge in [-0.2, -0.15) is 0 Å². The molecule has 1 saturated heterocycles. The Morgan fingerprint density at radius 1 is 0.944 bits per heavy atom. The van der Waals surface area contributed by atoms with Gasteiger partial charge in [0.15, 0.2) is 0 Å². The quantitative estimate of drug-likeness (QED) is 0.698. The molecule has 0 amide bonds. The Bertz CT molecular complexity index is 570. The molecule has 4 rings (SSSR count). The zero-order chi connectivity index (χ0) is 11.9. The Kier molecular flexibility index (Phi) is 2.13. The van der Waals surface area contributed by atoms with Gasteiger partial charge in [0.2, 0.25) is 0 Å². The maximum atomic E-state index is 2.42. The van der Waals surface area contributed by atoms with E-state index in [1.807, 2.05) is 0 Å². The summed E-state index contributed by atoms with van der Waals surface area (Å²) >= 11 is 0. The molecule has 87 valence electrons. The van der Waals surface area contributed by atoms with Crippen LogP contribution in [0.5, 0.6) is 0 Å². The van der Waals surface area contributed by atoms with Crippen LogP contribution in [-0.2, 0) is 6.42 Å². The molecule has 0 spiro atoms. The van der Waals surface area contributed by atoms with Crippen LogP contribution in [0, 0.1) is 0 Å². The Balaban J connectivity index is 1.64. The summed E-state index contributed by atoms with van der Waals surface area (Å²) in [6, 6.07) is 19.9. The monoisotopic (exact) mass is 233 g/mol. The lowest BCUT2D eigenvalue weighted by Gasteiger charge is -2.18. The molecule has 0 N–H and O–H groups in total. The number of anilines is 2. The van der Waals surface area contributed by atoms with E-state index in [1.165, 1.54) is 16.9 Å². The van der Waals surface area contributed by atoms with Crippen molar-refractivity contribution in [1.29, 1.82) is 0 Å². The third kappa shape index (κ3) is 1.43. The molecule has 3 heteroatoms. The van der Waals surface area contributed by atoms with Crippen molar-refractivity contribution in [2.24, 2.45) is 0 Å². The predicted molar refractivity (Wildman–Crippen MR) is 76.0 cm³/mol. The van der Waals surface area contributed by atoms with Crippen molar-refractivity contribution in [3.63, 3.8) is 0 Å². The standard InChI is InChI=1S/C15H14BN2/c1-2-7-13(8-3-1)17-11-14-10-12-6-4-5-9-15(12)18(14)16-17/h1-9,14H,10-11H2/t14-/m0/s1. The lowest BCUT2D eigenvalue weighted by molar-refractivity contribution is 0.756. The van der Waals surface area contributed by atoms with Gasteiger partial charge in [-0.3, -0.25) is 0 Å². The normalized spacial score (nSPS) is 20.6. The second-order valence-corrected chi connectivity index (χ2v) is 5.00. The summed E-state index contributed by atoms with van der Waals surface area (Å²) < 4.78 is 0. The summed E-state index contributed by atoms with van der Waals surface area (Å²) in [7, 11) is 2.26. The second kappa shape index (κ2) is 3.80. The minimum absolute atomic E-state index is 0.600. The third-order valence-electron chi connectivity index (χ3n) is 3.88. The smallest absolute Gasteiger partial charge is 0.391 e. The number of nitrogens with zero attached hydrogens (tertiary/aromatic N) is 2. The van der Waals surface area contributed by atoms with Gasteiger partial charge < -0.3 is 9.62 Å². The van der Waals surface area contributed by atoms with Gasteiger partial charge in [-0.1, -0.05) is 36.4 Å². The molecule has 1 fully saturated rings. The van der Waals surface area contributed by atoms with Crippen molar-refractivity contribution in [2.45, 2.75) is 12.5 Å². The minimum atomic E-state index is 0.600. The second-order valence-electron chi connectivity index (χ2n) is 5.00. The van der Waals surface area contributed by atoms with Gasteiger partial charge in [-0.25, -0.2) is 0 Å². The van der Waals surface area contributed by atoms with E-state index in [-0.39, 0.29) is 0 Å². The fourth-order valence-corrected chi connectivity index (χ4v) is 3.01. The van der Waals surface area contributed by atoms with E-state index in [9.17, 15) is 0 Å². The summed E-state index contributed by atoms with van der Waals surface area (Å²) in [5, 5.41) is 0. The highest BCUT2D eigenvalue weighted by Gasteiger charge is 2.38. The van der Waals surface area contributed by atoms with Crippen molar-refractivity contribution in [1.82, 2.24) is 0 Å². The van der Waals surface area contributed by atoms with Crippen LogP contribution < -0.4 is 9.62 Å². The van der Waals surface area contributed by atoms with E-state index in [0.717, 1.165) is 13.0 Å². The summed E-state index contributed by atoms with van der Waals surface area (Å²) in [6.07, 6.45) is 1.16. The van der Waals surface area contributed by atoms with E-state index in [0.29, 0.717) is 6.04 Å². The highest BCUT2D eigenvalue weighted by atomic mass is 15.3. The number of para-hydroxylation sites is 2. The lowest BCUT2D eigenvalue weighted by atomic mass is 10.0. The van der Waals surface area contributed by atoms with Gasteiger partial charge in [-0.15, -0.1) is 0 Å². The first-order chi connectivity index (χ1) is 8.92. The molecule has 0 aliphatic carbocycles. The highest BCUT2D eigenvalue weighted by Crippen LogP contribution is 2.35. The predicted octanol–water partition coefficient (Wildman–Crippen LogP) is 2.47. The van der Waals surface area contributed by atoms with Crippen molar-refractivity contribution >= 4 is 18.9 Å². The average molecular weight is 233 g/mol. The molecule has 2 aromatic rings. The molecule has 2 aliphatic heterocycles. The molecule has 0 unspecified atom stereocenters. The number of fused-ring (bicyclic) bond motifs is 3. The SMILES string of the molecule is [B]1N(c2ccccc2)C[C@@H]2Cc3ccccc3N12. The van der Waals surface area contributed by atoms with Gasteiger partial charge in [0, 0.05) is 24.0 Å². The van der Waals surface area contributed by atoms with Crippen LogP contribution in [0.25, 0.3) is 0 Å². The molecule has 18 heavy (non-hydrogen) atoms. The van der Waals surface area contributed by atoms with E-state index < -0.39 is 0 Å². The van der Waals surface area contributed by atoms with Gasteiger partial charge in [0.1, 0.15) is 0 Å². The molecule has 2 nitrogen and oxygen atoms in total. The Morgan fingerprint density at radius 3 is 2.61 bits per heavy atom. The lowest BCUT2D eigenvalue weighted by Crippen LogP contribution is -2.30. The molecule has 0 aromatic heterocycles. The number of benzene rings is 2. The zero-order valence-electron chi connectivity index (χ0n) is 10.2. The number of hydrogen-bond acceptors (Lipinski definition) is 2. The molecule has 2 aromatic carbocycles. The van der Waals surface area contributed by atoms with Gasteiger partial charge >= 0.3 is 7.55 Å². The largest absolute Gasteiger partial charge is 0.397 e. The fraction of sp³-hybridized carbons (Fsp3) is 0.200. The summed E-state index contributed by atoms with van der Waals surface area (Å²) in [5.41, 5.74) is 4.14. The van der Waals surface area contributed by atoms with Gasteiger partial charge in [-0.05, 0) is 30.2 Å². The Morgan fingerprint density at radius 2 is 1.72 bits per heavy atom. The van der Waals surface area contributed by atoms with Crippen LogP contribution >= 0.6 is 0 Å². The molecular weight excluding hydrogens is 219 g/mol. The van der Waals surface area contributed by atoms with Crippen molar-refractivity contribution in [3.05, 3.63) is 60.2 Å². The van der Waals surface area contributed by atoms with Crippen LogP contribution in [0.2, 0.25) is 0 Å². The molecular formula is C15H14BN2. The van der Waals surface area contributed by atoms with Crippen molar-refractivity contribution in [2.75, 3.05) is 16.2 Å². The van der Waals surface area contributed by atoms with Crippen molar-refractivity contribution < 1.29 is 0 Å². The van der Waals surface area contributed by atoms with Crippen LogP contribution in [0.3, 0.4) is 0 Å². The van der Waals surface area contributed by atoms with Gasteiger partial charge in [0.05, 0.1) is 0 Å². The van der Waals surface area contributed by atoms with Crippen LogP contribution in [0.15, 0.2) is 54.6 Å². The first-order valence-corrected chi connectivity index (χ1v) is 6.45. The van der Waals surface area contributed by atoms with E-state index in [4.69, 9.17) is 0 Å². The van der Waals surface area contributed by atoms with Crippen molar-refractivity contribution in [3.8, 4) is 0 Å². The number of hydrogen-bond donors (Lipinski definition) is 0. The Labute approximate surface area is 108 Å².